The van der Waals surface area contributed by atoms with Gasteiger partial charge in [-0.2, -0.15) is 0 Å². The molecule has 0 bridgehead atoms. The quantitative estimate of drug-likeness (QED) is 0.675. The predicted octanol–water partition coefficient (Wildman–Crippen LogP) is 1.02. The van der Waals surface area contributed by atoms with Crippen molar-refractivity contribution >= 4 is 5.91 Å². The molecule has 1 saturated heterocycles. The van der Waals surface area contributed by atoms with Crippen LogP contribution in [-0.2, 0) is 4.79 Å². The number of likely N-dealkylation sites (tertiary alicyclic amines) is 1. The van der Waals surface area contributed by atoms with Crippen LogP contribution in [0.15, 0.2) is 30.3 Å². The summed E-state index contributed by atoms with van der Waals surface area (Å²) >= 11 is 0. The molecular formula is C14H15NO2. The molecule has 0 aromatic heterocycles. The maximum atomic E-state index is 11.8. The van der Waals surface area contributed by atoms with Gasteiger partial charge in [-0.1, -0.05) is 30.0 Å². The fourth-order valence-corrected chi connectivity index (χ4v) is 1.91. The molecule has 1 N–H and O–H groups in total. The summed E-state index contributed by atoms with van der Waals surface area (Å²) in [7, 11) is 1.69. The fourth-order valence-electron chi connectivity index (χ4n) is 1.91. The molecule has 1 aromatic rings. The summed E-state index contributed by atoms with van der Waals surface area (Å²) in [5.74, 6) is 5.27. The summed E-state index contributed by atoms with van der Waals surface area (Å²) in [6, 6.07) is 9.37. The monoisotopic (exact) mass is 229 g/mol. The van der Waals surface area contributed by atoms with Gasteiger partial charge >= 0.3 is 0 Å². The van der Waals surface area contributed by atoms with Gasteiger partial charge in [-0.25, -0.2) is 0 Å². The molecule has 1 amide bonds. The van der Waals surface area contributed by atoms with E-state index in [1.807, 2.05) is 30.3 Å². The Labute approximate surface area is 101 Å². The number of likely N-dealkylation sites (N-methyl/N-ethyl adjacent to an activating group) is 1. The zero-order valence-electron chi connectivity index (χ0n) is 9.81. The molecule has 1 aromatic carbocycles. The number of carbonyl (C=O) groups is 1. The van der Waals surface area contributed by atoms with Crippen LogP contribution in [0.1, 0.15) is 18.4 Å². The van der Waals surface area contributed by atoms with E-state index in [0.717, 1.165) is 12.0 Å². The van der Waals surface area contributed by atoms with Crippen LogP contribution < -0.4 is 0 Å². The van der Waals surface area contributed by atoms with E-state index in [2.05, 4.69) is 11.8 Å². The minimum absolute atomic E-state index is 0.299. The van der Waals surface area contributed by atoms with Gasteiger partial charge in [-0.15, -0.1) is 0 Å². The first-order chi connectivity index (χ1) is 8.12. The molecule has 0 saturated carbocycles. The summed E-state index contributed by atoms with van der Waals surface area (Å²) in [5, 5.41) is 10.2. The van der Waals surface area contributed by atoms with Crippen LogP contribution in [0.2, 0.25) is 0 Å². The summed E-state index contributed by atoms with van der Waals surface area (Å²) in [4.78, 5) is 13.4. The van der Waals surface area contributed by atoms with Crippen LogP contribution in [0.25, 0.3) is 0 Å². The number of hydrogen-bond donors (Lipinski definition) is 1. The molecule has 1 heterocycles. The van der Waals surface area contributed by atoms with Gasteiger partial charge in [0, 0.05) is 19.2 Å². The molecule has 2 rings (SSSR count). The number of nitrogens with zero attached hydrogens (tertiary/aromatic N) is 1. The lowest BCUT2D eigenvalue weighted by Gasteiger charge is -2.32. The first kappa shape index (κ1) is 11.7. The maximum Gasteiger partial charge on any atom is 0.267 e. The van der Waals surface area contributed by atoms with E-state index in [0.29, 0.717) is 13.0 Å². The van der Waals surface area contributed by atoms with Gasteiger partial charge in [0.05, 0.1) is 0 Å². The smallest absolute Gasteiger partial charge is 0.267 e. The van der Waals surface area contributed by atoms with Gasteiger partial charge in [0.25, 0.3) is 5.91 Å². The zero-order chi connectivity index (χ0) is 12.3. The Morgan fingerprint density at radius 2 is 2.06 bits per heavy atom. The standard InChI is InChI=1S/C14H15NO2/c1-15-11-5-9-14(17,13(15)16)10-8-12-6-3-2-4-7-12/h2-4,6-7,17H,5,9,11H2,1H3/t14-/m1/s1. The molecule has 0 unspecified atom stereocenters. The minimum Gasteiger partial charge on any atom is -0.369 e. The fraction of sp³-hybridized carbons (Fsp3) is 0.357. The van der Waals surface area contributed by atoms with Gasteiger partial charge in [0.1, 0.15) is 0 Å². The number of rotatable bonds is 0. The van der Waals surface area contributed by atoms with Crippen molar-refractivity contribution in [3.8, 4) is 11.8 Å². The van der Waals surface area contributed by atoms with Gasteiger partial charge in [-0.05, 0) is 25.0 Å². The lowest BCUT2D eigenvalue weighted by Crippen LogP contribution is -2.51. The van der Waals surface area contributed by atoms with E-state index in [1.165, 1.54) is 4.90 Å². The topological polar surface area (TPSA) is 40.5 Å². The molecule has 17 heavy (non-hydrogen) atoms. The Hall–Kier alpha value is -1.79. The first-order valence-electron chi connectivity index (χ1n) is 5.68. The highest BCUT2D eigenvalue weighted by molar-refractivity contribution is 5.89. The van der Waals surface area contributed by atoms with Crippen LogP contribution in [0.5, 0.6) is 0 Å². The van der Waals surface area contributed by atoms with Crippen LogP contribution >= 0.6 is 0 Å². The first-order valence-corrected chi connectivity index (χ1v) is 5.68. The molecule has 1 atom stereocenters. The number of carbonyl (C=O) groups excluding carboxylic acids is 1. The molecule has 1 fully saturated rings. The number of hydrogen-bond acceptors (Lipinski definition) is 2. The molecule has 0 aliphatic carbocycles. The number of piperidine rings is 1. The number of aliphatic hydroxyl groups is 1. The van der Waals surface area contributed by atoms with Crippen molar-refractivity contribution in [2.75, 3.05) is 13.6 Å². The van der Waals surface area contributed by atoms with Crippen LogP contribution in [-0.4, -0.2) is 35.1 Å². The summed E-state index contributed by atoms with van der Waals surface area (Å²) in [6.45, 7) is 0.689. The Morgan fingerprint density at radius 1 is 1.35 bits per heavy atom. The SMILES string of the molecule is CN1CCC[C@@](O)(C#Cc2ccccc2)C1=O. The third-order valence-electron chi connectivity index (χ3n) is 2.92. The Morgan fingerprint density at radius 3 is 2.76 bits per heavy atom. The van der Waals surface area contributed by atoms with E-state index in [1.54, 1.807) is 7.05 Å². The van der Waals surface area contributed by atoms with Gasteiger partial charge in [-0.3, -0.25) is 4.79 Å². The van der Waals surface area contributed by atoms with Crippen LogP contribution in [0.3, 0.4) is 0 Å². The Balaban J connectivity index is 2.23. The van der Waals surface area contributed by atoms with Crippen LogP contribution in [0, 0.1) is 11.8 Å². The van der Waals surface area contributed by atoms with Crippen LogP contribution in [0.4, 0.5) is 0 Å². The lowest BCUT2D eigenvalue weighted by atomic mass is 9.92. The highest BCUT2D eigenvalue weighted by atomic mass is 16.3. The van der Waals surface area contributed by atoms with Gasteiger partial charge in [0.2, 0.25) is 5.60 Å². The van der Waals surface area contributed by atoms with Crippen molar-refractivity contribution in [2.24, 2.45) is 0 Å². The summed E-state index contributed by atoms with van der Waals surface area (Å²) in [5.41, 5.74) is -0.704. The van der Waals surface area contributed by atoms with E-state index in [4.69, 9.17) is 0 Å². The predicted molar refractivity (Wildman–Crippen MR) is 65.1 cm³/mol. The third kappa shape index (κ3) is 2.48. The second-order valence-corrected chi connectivity index (χ2v) is 4.31. The third-order valence-corrected chi connectivity index (χ3v) is 2.92. The molecule has 3 nitrogen and oxygen atoms in total. The lowest BCUT2D eigenvalue weighted by molar-refractivity contribution is -0.148. The average Bonchev–Trinajstić information content (AvgIpc) is 2.35. The molecule has 1 aliphatic heterocycles. The highest BCUT2D eigenvalue weighted by Gasteiger charge is 2.39. The molecule has 3 heteroatoms. The van der Waals surface area contributed by atoms with Gasteiger partial charge < -0.3 is 10.0 Å². The second-order valence-electron chi connectivity index (χ2n) is 4.31. The number of amides is 1. The van der Waals surface area contributed by atoms with Crippen molar-refractivity contribution in [2.45, 2.75) is 18.4 Å². The van der Waals surface area contributed by atoms with Gasteiger partial charge in [0.15, 0.2) is 0 Å². The highest BCUT2D eigenvalue weighted by Crippen LogP contribution is 2.20. The maximum absolute atomic E-state index is 11.8. The molecule has 88 valence electrons. The van der Waals surface area contributed by atoms with Crippen molar-refractivity contribution in [3.05, 3.63) is 35.9 Å². The van der Waals surface area contributed by atoms with E-state index in [9.17, 15) is 9.90 Å². The van der Waals surface area contributed by atoms with Crippen molar-refractivity contribution in [1.29, 1.82) is 0 Å². The van der Waals surface area contributed by atoms with E-state index in [-0.39, 0.29) is 5.91 Å². The molecule has 0 radical (unpaired) electrons. The zero-order valence-corrected chi connectivity index (χ0v) is 9.81. The van der Waals surface area contributed by atoms with Crippen molar-refractivity contribution < 1.29 is 9.90 Å². The summed E-state index contributed by atoms with van der Waals surface area (Å²) < 4.78 is 0. The largest absolute Gasteiger partial charge is 0.369 e. The van der Waals surface area contributed by atoms with Crippen molar-refractivity contribution in [1.82, 2.24) is 4.90 Å². The van der Waals surface area contributed by atoms with E-state index >= 15 is 0 Å². The minimum atomic E-state index is -1.51. The molecule has 1 aliphatic rings. The Bertz CT molecular complexity index is 472. The molecule has 0 spiro atoms. The number of benzene rings is 1. The normalized spacial score (nSPS) is 24.1. The average molecular weight is 229 g/mol. The van der Waals surface area contributed by atoms with Crippen molar-refractivity contribution in [3.63, 3.8) is 0 Å². The second kappa shape index (κ2) is 4.60. The molecular weight excluding hydrogens is 214 g/mol. The Kier molecular flexibility index (Phi) is 3.16. The summed E-state index contributed by atoms with van der Waals surface area (Å²) in [6.07, 6.45) is 1.19. The van der Waals surface area contributed by atoms with E-state index < -0.39 is 5.60 Å².